The van der Waals surface area contributed by atoms with Crippen LogP contribution in [0.4, 0.5) is 0 Å². The van der Waals surface area contributed by atoms with Gasteiger partial charge in [0.1, 0.15) is 18.2 Å². The molecule has 2 aliphatic rings. The molecule has 0 aromatic heterocycles. The number of carbonyl (C=O) groups excluding carboxylic acids is 1. The van der Waals surface area contributed by atoms with Gasteiger partial charge in [0.2, 0.25) is 0 Å². The molecule has 0 aromatic carbocycles. The number of nitrogens with one attached hydrogen (secondary N) is 1. The first kappa shape index (κ1) is 17.4. The summed E-state index contributed by atoms with van der Waals surface area (Å²) >= 11 is 0. The molecule has 23 heavy (non-hydrogen) atoms. The van der Waals surface area contributed by atoms with Crippen LogP contribution in [-0.2, 0) is 19.1 Å². The number of aliphatic carboxylic acids is 2. The SMILES string of the molecule is C/C(=C/[C@@H]1OC(=O)[C@H](C)[C@H]1O)C1CN[C@H](C(=O)O)[C@H]1CC(=O)O. The molecule has 0 aliphatic carbocycles. The molecule has 8 nitrogen and oxygen atoms in total. The second-order valence-electron chi connectivity index (χ2n) is 6.18. The quantitative estimate of drug-likeness (QED) is 0.397. The molecule has 8 heteroatoms. The van der Waals surface area contributed by atoms with Crippen molar-refractivity contribution in [3.05, 3.63) is 11.6 Å². The molecular formula is C15H21NO7. The van der Waals surface area contributed by atoms with Gasteiger partial charge in [0, 0.05) is 12.5 Å². The second kappa shape index (κ2) is 6.67. The number of aliphatic hydroxyl groups excluding tert-OH is 1. The third kappa shape index (κ3) is 3.53. The van der Waals surface area contributed by atoms with Crippen LogP contribution in [-0.4, -0.2) is 58.0 Å². The lowest BCUT2D eigenvalue weighted by molar-refractivity contribution is -0.143. The highest BCUT2D eigenvalue weighted by molar-refractivity contribution is 5.77. The van der Waals surface area contributed by atoms with Gasteiger partial charge in [-0.2, -0.15) is 0 Å². The number of carboxylic acid groups (broad SMARTS) is 2. The standard InChI is InChI=1S/C15H21NO7/c1-6(3-10-13(19)7(2)15(22)23-10)9-5-16-12(14(20)21)8(9)4-11(17)18/h3,7-10,12-13,16,19H,4-5H2,1-2H3,(H,17,18)(H,20,21)/b6-3-/t7-,8+,9?,10+,12+,13-/m1/s1. The van der Waals surface area contributed by atoms with Crippen molar-refractivity contribution < 1.29 is 34.4 Å². The van der Waals surface area contributed by atoms with E-state index in [-0.39, 0.29) is 12.3 Å². The number of hydrogen-bond donors (Lipinski definition) is 4. The summed E-state index contributed by atoms with van der Waals surface area (Å²) in [6.07, 6.45) is -0.423. The average molecular weight is 327 g/mol. The lowest BCUT2D eigenvalue weighted by Gasteiger charge is -2.22. The third-order valence-corrected chi connectivity index (χ3v) is 4.66. The Hall–Kier alpha value is -1.93. The lowest BCUT2D eigenvalue weighted by Crippen LogP contribution is -2.37. The molecule has 2 rings (SSSR count). The van der Waals surface area contributed by atoms with Gasteiger partial charge in [-0.05, 0) is 25.8 Å². The molecule has 2 heterocycles. The van der Waals surface area contributed by atoms with Crippen LogP contribution in [0.5, 0.6) is 0 Å². The molecule has 6 atom stereocenters. The van der Waals surface area contributed by atoms with E-state index in [9.17, 15) is 24.6 Å². The topological polar surface area (TPSA) is 133 Å². The molecule has 4 N–H and O–H groups in total. The smallest absolute Gasteiger partial charge is 0.321 e. The van der Waals surface area contributed by atoms with Gasteiger partial charge < -0.3 is 25.4 Å². The number of hydrogen-bond acceptors (Lipinski definition) is 6. The number of cyclic esters (lactones) is 1. The van der Waals surface area contributed by atoms with Gasteiger partial charge in [-0.3, -0.25) is 14.4 Å². The summed E-state index contributed by atoms with van der Waals surface area (Å²) in [6.45, 7) is 3.62. The summed E-state index contributed by atoms with van der Waals surface area (Å²) in [5, 5.41) is 31.0. The van der Waals surface area contributed by atoms with Gasteiger partial charge in [-0.15, -0.1) is 0 Å². The molecule has 0 aromatic rings. The largest absolute Gasteiger partial charge is 0.481 e. The van der Waals surface area contributed by atoms with E-state index in [2.05, 4.69) is 5.32 Å². The van der Waals surface area contributed by atoms with Gasteiger partial charge in [0.05, 0.1) is 12.3 Å². The fraction of sp³-hybridized carbons (Fsp3) is 0.667. The monoisotopic (exact) mass is 327 g/mol. The molecular weight excluding hydrogens is 306 g/mol. The van der Waals surface area contributed by atoms with Gasteiger partial charge >= 0.3 is 17.9 Å². The van der Waals surface area contributed by atoms with E-state index in [1.807, 2.05) is 0 Å². The Kier molecular flexibility index (Phi) is 5.06. The zero-order valence-electron chi connectivity index (χ0n) is 12.9. The Labute approximate surface area is 133 Å². The minimum Gasteiger partial charge on any atom is -0.481 e. The van der Waals surface area contributed by atoms with Crippen molar-refractivity contribution in [3.8, 4) is 0 Å². The summed E-state index contributed by atoms with van der Waals surface area (Å²) in [5.41, 5.74) is 0.707. The van der Waals surface area contributed by atoms with Crippen LogP contribution in [0.2, 0.25) is 0 Å². The Balaban J connectivity index is 2.18. The lowest BCUT2D eigenvalue weighted by atomic mass is 9.82. The number of ether oxygens (including phenoxy) is 1. The zero-order chi connectivity index (χ0) is 17.3. The molecule has 0 spiro atoms. The third-order valence-electron chi connectivity index (χ3n) is 4.66. The van der Waals surface area contributed by atoms with Gasteiger partial charge in [0.15, 0.2) is 0 Å². The van der Waals surface area contributed by atoms with E-state index < -0.39 is 48.0 Å². The molecule has 0 radical (unpaired) electrons. The normalized spacial score (nSPS) is 37.7. The van der Waals surface area contributed by atoms with Crippen LogP contribution in [0, 0.1) is 17.8 Å². The Morgan fingerprint density at radius 1 is 1.39 bits per heavy atom. The summed E-state index contributed by atoms with van der Waals surface area (Å²) in [5.74, 6) is -4.17. The highest BCUT2D eigenvalue weighted by Crippen LogP contribution is 2.33. The van der Waals surface area contributed by atoms with E-state index in [0.717, 1.165) is 0 Å². The van der Waals surface area contributed by atoms with E-state index in [0.29, 0.717) is 12.1 Å². The van der Waals surface area contributed by atoms with Crippen molar-refractivity contribution in [2.45, 2.75) is 38.5 Å². The van der Waals surface area contributed by atoms with E-state index >= 15 is 0 Å². The predicted octanol–water partition coefficient (Wildman–Crippen LogP) is -0.381. The molecule has 2 fully saturated rings. The second-order valence-corrected chi connectivity index (χ2v) is 6.18. The fourth-order valence-electron chi connectivity index (χ4n) is 3.27. The first-order chi connectivity index (χ1) is 10.7. The number of rotatable bonds is 5. The van der Waals surface area contributed by atoms with Crippen molar-refractivity contribution >= 4 is 17.9 Å². The maximum Gasteiger partial charge on any atom is 0.321 e. The van der Waals surface area contributed by atoms with E-state index in [1.165, 1.54) is 0 Å². The molecule has 1 unspecified atom stereocenters. The number of esters is 1. The first-order valence-electron chi connectivity index (χ1n) is 7.47. The van der Waals surface area contributed by atoms with Crippen LogP contribution >= 0.6 is 0 Å². The van der Waals surface area contributed by atoms with Crippen molar-refractivity contribution in [3.63, 3.8) is 0 Å². The molecule has 128 valence electrons. The summed E-state index contributed by atoms with van der Waals surface area (Å²) < 4.78 is 5.09. The number of aliphatic hydroxyl groups is 1. The van der Waals surface area contributed by atoms with Crippen molar-refractivity contribution in [1.29, 1.82) is 0 Å². The van der Waals surface area contributed by atoms with E-state index in [1.54, 1.807) is 19.9 Å². The molecule has 0 amide bonds. The van der Waals surface area contributed by atoms with Crippen molar-refractivity contribution in [2.24, 2.45) is 17.8 Å². The summed E-state index contributed by atoms with van der Waals surface area (Å²) in [4.78, 5) is 33.8. The number of carbonyl (C=O) groups is 3. The molecule has 0 bridgehead atoms. The molecule has 2 aliphatic heterocycles. The number of carboxylic acids is 2. The highest BCUT2D eigenvalue weighted by atomic mass is 16.6. The molecule has 2 saturated heterocycles. The first-order valence-corrected chi connectivity index (χ1v) is 7.47. The van der Waals surface area contributed by atoms with Crippen molar-refractivity contribution in [2.75, 3.05) is 6.54 Å². The fourth-order valence-corrected chi connectivity index (χ4v) is 3.27. The van der Waals surface area contributed by atoms with Crippen LogP contribution in [0.15, 0.2) is 11.6 Å². The maximum absolute atomic E-state index is 11.5. The van der Waals surface area contributed by atoms with Crippen molar-refractivity contribution in [1.82, 2.24) is 5.32 Å². The summed E-state index contributed by atoms with van der Waals surface area (Å²) in [6, 6.07) is -0.936. The maximum atomic E-state index is 11.5. The van der Waals surface area contributed by atoms with Crippen LogP contribution in [0.1, 0.15) is 20.3 Å². The minimum absolute atomic E-state index is 0.275. The van der Waals surface area contributed by atoms with Crippen LogP contribution in [0.3, 0.4) is 0 Å². The van der Waals surface area contributed by atoms with Gasteiger partial charge in [0.25, 0.3) is 0 Å². The average Bonchev–Trinajstić information content (AvgIpc) is 2.96. The Morgan fingerprint density at radius 2 is 2.04 bits per heavy atom. The molecule has 0 saturated carbocycles. The predicted molar refractivity (Wildman–Crippen MR) is 77.5 cm³/mol. The van der Waals surface area contributed by atoms with Crippen LogP contribution in [0.25, 0.3) is 0 Å². The van der Waals surface area contributed by atoms with Gasteiger partial charge in [-0.1, -0.05) is 5.57 Å². The van der Waals surface area contributed by atoms with Gasteiger partial charge in [-0.25, -0.2) is 0 Å². The zero-order valence-corrected chi connectivity index (χ0v) is 12.9. The summed E-state index contributed by atoms with van der Waals surface area (Å²) in [7, 11) is 0. The Morgan fingerprint density at radius 3 is 2.52 bits per heavy atom. The van der Waals surface area contributed by atoms with Crippen LogP contribution < -0.4 is 5.32 Å². The highest BCUT2D eigenvalue weighted by Gasteiger charge is 2.43. The Bertz CT molecular complexity index is 544. The van der Waals surface area contributed by atoms with E-state index in [4.69, 9.17) is 9.84 Å². The minimum atomic E-state index is -1.09.